The second-order valence-electron chi connectivity index (χ2n) is 6.89. The molecule has 0 unspecified atom stereocenters. The maximum Gasteiger partial charge on any atom is 0.155 e. The van der Waals surface area contributed by atoms with Crippen LogP contribution in [-0.2, 0) is 37.7 Å². The number of carbonyl (C=O) groups is 1. The molecular formula is C24H20IrNO2-. The normalized spacial score (nSPS) is 13.1. The van der Waals surface area contributed by atoms with Crippen LogP contribution in [0.3, 0.4) is 0 Å². The van der Waals surface area contributed by atoms with E-state index < -0.39 is 0 Å². The van der Waals surface area contributed by atoms with E-state index in [0.717, 1.165) is 24.1 Å². The van der Waals surface area contributed by atoms with Gasteiger partial charge in [-0.3, -0.25) is 9.78 Å². The van der Waals surface area contributed by atoms with E-state index in [2.05, 4.69) is 48.6 Å². The fourth-order valence-corrected chi connectivity index (χ4v) is 3.82. The summed E-state index contributed by atoms with van der Waals surface area (Å²) in [6, 6.07) is 16.0. The first kappa shape index (κ1) is 20.2. The zero-order valence-electron chi connectivity index (χ0n) is 15.7. The molecule has 2 aliphatic rings. The van der Waals surface area contributed by atoms with Crippen molar-refractivity contribution in [2.24, 2.45) is 0 Å². The van der Waals surface area contributed by atoms with Crippen LogP contribution in [-0.4, -0.2) is 15.9 Å². The Morgan fingerprint density at radius 2 is 1.96 bits per heavy atom. The Bertz CT molecular complexity index is 1120. The van der Waals surface area contributed by atoms with Gasteiger partial charge in [-0.1, -0.05) is 36.3 Å². The molecule has 28 heavy (non-hydrogen) atoms. The van der Waals surface area contributed by atoms with Gasteiger partial charge in [0.2, 0.25) is 0 Å². The Labute approximate surface area is 178 Å². The predicted octanol–water partition coefficient (Wildman–Crippen LogP) is 5.32. The Morgan fingerprint density at radius 3 is 2.68 bits per heavy atom. The zero-order valence-corrected chi connectivity index (χ0v) is 18.1. The summed E-state index contributed by atoms with van der Waals surface area (Å²) in [6.07, 6.45) is 7.81. The number of aliphatic hydroxyl groups is 1. The molecule has 0 saturated heterocycles. The number of hydrogen-bond donors (Lipinski definition) is 1. The van der Waals surface area contributed by atoms with Crippen molar-refractivity contribution in [1.82, 2.24) is 4.98 Å². The van der Waals surface area contributed by atoms with Crippen LogP contribution in [0, 0.1) is 6.07 Å². The molecule has 0 saturated carbocycles. The number of carbonyl (C=O) groups excluding carboxylic acids is 1. The van der Waals surface area contributed by atoms with Crippen LogP contribution in [0.4, 0.5) is 0 Å². The molecule has 143 valence electrons. The number of nitrogens with zero attached hydrogens (tertiary/aromatic N) is 1. The third-order valence-electron chi connectivity index (χ3n) is 4.85. The predicted molar refractivity (Wildman–Crippen MR) is 109 cm³/mol. The summed E-state index contributed by atoms with van der Waals surface area (Å²) >= 11 is 0. The summed E-state index contributed by atoms with van der Waals surface area (Å²) in [5.74, 6) is -0.0625. The Hall–Kier alpha value is -2.55. The number of hydrogen-bond acceptors (Lipinski definition) is 3. The summed E-state index contributed by atoms with van der Waals surface area (Å²) in [5.41, 5.74) is 8.88. The van der Waals surface area contributed by atoms with Gasteiger partial charge in [0.1, 0.15) is 0 Å². The third kappa shape index (κ3) is 3.71. The summed E-state index contributed by atoms with van der Waals surface area (Å²) < 4.78 is 0. The van der Waals surface area contributed by atoms with Gasteiger partial charge in [-0.05, 0) is 43.2 Å². The maximum absolute atomic E-state index is 10.0. The van der Waals surface area contributed by atoms with Crippen molar-refractivity contribution in [3.63, 3.8) is 0 Å². The van der Waals surface area contributed by atoms with Gasteiger partial charge in [0.05, 0.1) is 11.3 Å². The molecule has 0 aliphatic heterocycles. The molecule has 0 spiro atoms. The number of aromatic nitrogens is 1. The molecule has 3 nitrogen and oxygen atoms in total. The summed E-state index contributed by atoms with van der Waals surface area (Å²) in [5, 5.41) is 9.69. The van der Waals surface area contributed by atoms with Crippen molar-refractivity contribution in [2.45, 2.75) is 26.7 Å². The molecule has 0 atom stereocenters. The number of allylic oxidation sites excluding steroid dienone is 2. The van der Waals surface area contributed by atoms with Crippen molar-refractivity contribution < 1.29 is 30.0 Å². The topological polar surface area (TPSA) is 50.2 Å². The van der Waals surface area contributed by atoms with Gasteiger partial charge >= 0.3 is 0 Å². The van der Waals surface area contributed by atoms with Crippen LogP contribution in [0.5, 0.6) is 0 Å². The molecule has 5 rings (SSSR count). The first-order valence-corrected chi connectivity index (χ1v) is 9.06. The fraction of sp³-hybridized carbons (Fsp3) is 0.167. The molecule has 2 aromatic carbocycles. The minimum absolute atomic E-state index is 0. The molecule has 1 N–H and O–H groups in total. The molecule has 1 radical (unpaired) electrons. The molecule has 1 aromatic heterocycles. The number of aryl methyl sites for hydroxylation is 1. The van der Waals surface area contributed by atoms with Crippen LogP contribution in [0.1, 0.15) is 36.1 Å². The van der Waals surface area contributed by atoms with Crippen molar-refractivity contribution in [3.8, 4) is 11.3 Å². The van der Waals surface area contributed by atoms with E-state index in [0.29, 0.717) is 0 Å². The van der Waals surface area contributed by atoms with Gasteiger partial charge in [0.15, 0.2) is 5.78 Å². The summed E-state index contributed by atoms with van der Waals surface area (Å²) in [4.78, 5) is 15.0. The van der Waals surface area contributed by atoms with Gasteiger partial charge < -0.3 is 5.11 Å². The van der Waals surface area contributed by atoms with E-state index >= 15 is 0 Å². The van der Waals surface area contributed by atoms with E-state index in [1.807, 2.05) is 6.07 Å². The maximum atomic E-state index is 10.0. The van der Waals surface area contributed by atoms with Gasteiger partial charge in [0, 0.05) is 31.6 Å². The first-order valence-electron chi connectivity index (χ1n) is 9.06. The van der Waals surface area contributed by atoms with E-state index in [-0.39, 0.29) is 31.6 Å². The number of ketones is 1. The molecule has 0 amide bonds. The van der Waals surface area contributed by atoms with Crippen LogP contribution >= 0.6 is 0 Å². The van der Waals surface area contributed by atoms with Crippen LogP contribution < -0.4 is 0 Å². The molecular weight excluding hydrogens is 526 g/mol. The number of pyridine rings is 1. The smallest absolute Gasteiger partial charge is 0.155 e. The largest absolute Gasteiger partial charge is 0.512 e. The fourth-order valence-electron chi connectivity index (χ4n) is 3.82. The molecule has 1 heterocycles. The third-order valence-corrected chi connectivity index (χ3v) is 4.85. The first-order chi connectivity index (χ1) is 13.0. The van der Waals surface area contributed by atoms with Crippen molar-refractivity contribution in [2.75, 3.05) is 0 Å². The minimum Gasteiger partial charge on any atom is -0.512 e. The number of aliphatic hydroxyl groups excluding tert-OH is 1. The second kappa shape index (κ2) is 8.22. The number of rotatable bonds is 1. The van der Waals surface area contributed by atoms with Gasteiger partial charge in [-0.2, -0.15) is 0 Å². The van der Waals surface area contributed by atoms with Crippen LogP contribution in [0.2, 0.25) is 0 Å². The van der Waals surface area contributed by atoms with E-state index in [1.54, 1.807) is 0 Å². The van der Waals surface area contributed by atoms with Crippen molar-refractivity contribution in [3.05, 3.63) is 76.6 Å². The Kier molecular flexibility index (Phi) is 5.93. The summed E-state index contributed by atoms with van der Waals surface area (Å²) in [6.45, 7) is 2.85. The monoisotopic (exact) mass is 547 g/mol. The number of fused-ring (bicyclic) bond motifs is 4. The minimum atomic E-state index is -0.125. The second-order valence-corrected chi connectivity index (χ2v) is 6.89. The Balaban J connectivity index is 0.000000246. The van der Waals surface area contributed by atoms with Gasteiger partial charge in [0.25, 0.3) is 0 Å². The number of benzene rings is 2. The standard InChI is InChI=1S/C19H12N.C5H8O2.Ir/c1-2-6-14-12(4-1)8-11-16-15-10-9-13-5-3-7-17(18(13)15)20-19(14)16;1-4(6)3-5(2)7;/h1-5,7,9-10H,8,11H2;3,6H,1-2H3;/q-1;;/b;4-3-;. The quantitative estimate of drug-likeness (QED) is 0.200. The molecule has 4 heteroatoms. The SMILES string of the molecule is CC(=O)/C=C(/C)O.[Ir].[c-]1cccc2c1-c1nc3cccc4c3c(c1CC2)C=C4. The average molecular weight is 547 g/mol. The van der Waals surface area contributed by atoms with Crippen molar-refractivity contribution >= 4 is 28.8 Å². The molecule has 3 aromatic rings. The van der Waals surface area contributed by atoms with Crippen LogP contribution in [0.25, 0.3) is 34.3 Å². The summed E-state index contributed by atoms with van der Waals surface area (Å²) in [7, 11) is 0. The van der Waals surface area contributed by atoms with Crippen molar-refractivity contribution in [1.29, 1.82) is 0 Å². The average Bonchev–Trinajstić information content (AvgIpc) is 3.07. The zero-order chi connectivity index (χ0) is 19.0. The molecule has 0 bridgehead atoms. The van der Waals surface area contributed by atoms with Crippen LogP contribution in [0.15, 0.2) is 48.2 Å². The van der Waals surface area contributed by atoms with E-state index in [4.69, 9.17) is 10.1 Å². The van der Waals surface area contributed by atoms with Gasteiger partial charge in [-0.15, -0.1) is 35.4 Å². The van der Waals surface area contributed by atoms with E-state index in [9.17, 15) is 4.79 Å². The Morgan fingerprint density at radius 1 is 1.14 bits per heavy atom. The van der Waals surface area contributed by atoms with E-state index in [1.165, 1.54) is 53.1 Å². The van der Waals surface area contributed by atoms with Gasteiger partial charge in [-0.25, -0.2) is 0 Å². The molecule has 0 fully saturated rings. The molecule has 2 aliphatic carbocycles.